The van der Waals surface area contributed by atoms with Crippen LogP contribution in [0.25, 0.3) is 0 Å². The molecular weight excluding hydrogens is 384 g/mol. The van der Waals surface area contributed by atoms with Gasteiger partial charge in [0.05, 0.1) is 25.1 Å². The van der Waals surface area contributed by atoms with Crippen LogP contribution in [0.4, 0.5) is 14.5 Å². The number of pyridine rings is 1. The lowest BCUT2D eigenvalue weighted by molar-refractivity contribution is -0.144. The molecule has 29 heavy (non-hydrogen) atoms. The first-order valence-electron chi connectivity index (χ1n) is 10.0. The number of halogens is 2. The van der Waals surface area contributed by atoms with Crippen molar-refractivity contribution in [3.8, 4) is 5.88 Å². The number of hydrogen-bond donors (Lipinski definition) is 2. The Morgan fingerprint density at radius 1 is 1.34 bits per heavy atom. The minimum absolute atomic E-state index is 0.0893. The topological polar surface area (TPSA) is 91.8 Å². The third-order valence-electron chi connectivity index (χ3n) is 6.01. The molecule has 0 bridgehead atoms. The fourth-order valence-electron chi connectivity index (χ4n) is 3.78. The molecule has 2 heterocycles. The van der Waals surface area contributed by atoms with Crippen LogP contribution in [0.3, 0.4) is 0 Å². The molecule has 0 spiro atoms. The van der Waals surface area contributed by atoms with E-state index in [-0.39, 0.29) is 11.6 Å². The van der Waals surface area contributed by atoms with Gasteiger partial charge in [0, 0.05) is 6.04 Å². The SMILES string of the molecule is CCC(NC(=O)c1ccc(N2CC(F)(F)C2)c(OCC2CC2)n1)C1(C(=O)O)CC1. The van der Waals surface area contributed by atoms with E-state index in [2.05, 4.69) is 10.3 Å². The molecule has 1 aromatic rings. The summed E-state index contributed by atoms with van der Waals surface area (Å²) in [4.78, 5) is 30.1. The van der Waals surface area contributed by atoms with Crippen LogP contribution in [-0.4, -0.2) is 53.6 Å². The number of aliphatic carboxylic acids is 1. The fraction of sp³-hybridized carbons (Fsp3) is 0.650. The summed E-state index contributed by atoms with van der Waals surface area (Å²) in [7, 11) is 0. The maximum atomic E-state index is 13.3. The van der Waals surface area contributed by atoms with Crippen LogP contribution in [-0.2, 0) is 4.79 Å². The quantitative estimate of drug-likeness (QED) is 0.652. The van der Waals surface area contributed by atoms with Crippen LogP contribution < -0.4 is 15.0 Å². The third kappa shape index (κ3) is 4.00. The minimum atomic E-state index is -2.73. The molecule has 1 saturated heterocycles. The van der Waals surface area contributed by atoms with E-state index in [9.17, 15) is 23.5 Å². The summed E-state index contributed by atoms with van der Waals surface area (Å²) in [6.07, 6.45) is 3.68. The highest BCUT2D eigenvalue weighted by atomic mass is 19.3. The van der Waals surface area contributed by atoms with E-state index < -0.39 is 42.3 Å². The Labute approximate surface area is 167 Å². The maximum absolute atomic E-state index is 13.3. The van der Waals surface area contributed by atoms with Crippen molar-refractivity contribution < 1.29 is 28.2 Å². The fourth-order valence-corrected chi connectivity index (χ4v) is 3.78. The van der Waals surface area contributed by atoms with Gasteiger partial charge in [0.25, 0.3) is 11.8 Å². The Hall–Kier alpha value is -2.45. The normalized spacial score (nSPS) is 22.4. The summed E-state index contributed by atoms with van der Waals surface area (Å²) in [5, 5.41) is 12.3. The average Bonchev–Trinajstić information content (AvgIpc) is 3.56. The zero-order valence-electron chi connectivity index (χ0n) is 16.3. The Balaban J connectivity index is 1.51. The predicted octanol–water partition coefficient (Wildman–Crippen LogP) is 2.70. The van der Waals surface area contributed by atoms with Gasteiger partial charge in [-0.25, -0.2) is 13.8 Å². The largest absolute Gasteiger partial charge is 0.481 e. The van der Waals surface area contributed by atoms with Gasteiger partial charge >= 0.3 is 5.97 Å². The van der Waals surface area contributed by atoms with Crippen molar-refractivity contribution >= 4 is 17.6 Å². The zero-order valence-corrected chi connectivity index (χ0v) is 16.3. The van der Waals surface area contributed by atoms with Crippen LogP contribution in [0.1, 0.15) is 49.5 Å². The molecule has 3 aliphatic rings. The van der Waals surface area contributed by atoms with E-state index in [0.717, 1.165) is 12.8 Å². The monoisotopic (exact) mass is 409 g/mol. The minimum Gasteiger partial charge on any atom is -0.481 e. The van der Waals surface area contributed by atoms with Crippen molar-refractivity contribution in [1.29, 1.82) is 0 Å². The number of aromatic nitrogens is 1. The number of ether oxygens (including phenoxy) is 1. The molecule has 0 radical (unpaired) electrons. The van der Waals surface area contributed by atoms with Crippen molar-refractivity contribution in [3.63, 3.8) is 0 Å². The second-order valence-corrected chi connectivity index (χ2v) is 8.38. The summed E-state index contributed by atoms with van der Waals surface area (Å²) < 4.78 is 32.3. The van der Waals surface area contributed by atoms with Crippen molar-refractivity contribution in [2.45, 2.75) is 51.0 Å². The van der Waals surface area contributed by atoms with Gasteiger partial charge in [0.2, 0.25) is 5.88 Å². The Morgan fingerprint density at radius 3 is 2.55 bits per heavy atom. The van der Waals surface area contributed by atoms with E-state index >= 15 is 0 Å². The molecule has 0 aromatic carbocycles. The average molecular weight is 409 g/mol. The van der Waals surface area contributed by atoms with Gasteiger partial charge in [-0.1, -0.05) is 6.92 Å². The first-order valence-corrected chi connectivity index (χ1v) is 10.0. The van der Waals surface area contributed by atoms with Gasteiger partial charge in [0.1, 0.15) is 11.4 Å². The molecule has 9 heteroatoms. The lowest BCUT2D eigenvalue weighted by atomic mass is 9.94. The molecule has 2 N–H and O–H groups in total. The van der Waals surface area contributed by atoms with E-state index in [4.69, 9.17) is 4.74 Å². The summed E-state index contributed by atoms with van der Waals surface area (Å²) in [5.41, 5.74) is -0.366. The van der Waals surface area contributed by atoms with Crippen molar-refractivity contribution in [2.24, 2.45) is 11.3 Å². The number of anilines is 1. The van der Waals surface area contributed by atoms with E-state index in [1.165, 1.54) is 11.0 Å². The van der Waals surface area contributed by atoms with Gasteiger partial charge < -0.3 is 20.1 Å². The lowest BCUT2D eigenvalue weighted by Crippen LogP contribution is -2.56. The van der Waals surface area contributed by atoms with Gasteiger partial charge in [0.15, 0.2) is 0 Å². The third-order valence-corrected chi connectivity index (χ3v) is 6.01. The number of alkyl halides is 2. The number of nitrogens with one attached hydrogen (secondary N) is 1. The number of carboxylic acid groups (broad SMARTS) is 1. The molecule has 1 unspecified atom stereocenters. The molecule has 1 aliphatic heterocycles. The Morgan fingerprint density at radius 2 is 2.03 bits per heavy atom. The van der Waals surface area contributed by atoms with Crippen LogP contribution in [0, 0.1) is 11.3 Å². The second-order valence-electron chi connectivity index (χ2n) is 8.38. The van der Waals surface area contributed by atoms with Gasteiger partial charge in [-0.3, -0.25) is 9.59 Å². The van der Waals surface area contributed by atoms with Gasteiger partial charge in [-0.2, -0.15) is 0 Å². The number of carbonyl (C=O) groups is 2. The van der Waals surface area contributed by atoms with E-state index in [1.54, 1.807) is 6.07 Å². The van der Waals surface area contributed by atoms with Gasteiger partial charge in [-0.15, -0.1) is 0 Å². The highest BCUT2D eigenvalue weighted by molar-refractivity contribution is 5.94. The van der Waals surface area contributed by atoms with Crippen LogP contribution in [0.2, 0.25) is 0 Å². The number of amides is 1. The molecule has 3 fully saturated rings. The van der Waals surface area contributed by atoms with E-state index in [1.807, 2.05) is 6.92 Å². The highest BCUT2D eigenvalue weighted by Gasteiger charge is 2.56. The molecule has 4 rings (SSSR count). The first kappa shape index (κ1) is 19.8. The second kappa shape index (κ2) is 7.11. The molecular formula is C20H25F2N3O4. The Bertz CT molecular complexity index is 816. The number of nitrogens with zero attached hydrogens (tertiary/aromatic N) is 2. The number of hydrogen-bond acceptors (Lipinski definition) is 5. The molecule has 2 saturated carbocycles. The smallest absolute Gasteiger partial charge is 0.311 e. The number of rotatable bonds is 9. The summed E-state index contributed by atoms with van der Waals surface area (Å²) in [5.74, 6) is -3.50. The summed E-state index contributed by atoms with van der Waals surface area (Å²) in [6.45, 7) is 1.46. The van der Waals surface area contributed by atoms with Gasteiger partial charge in [-0.05, 0) is 50.2 Å². The molecule has 158 valence electrons. The summed E-state index contributed by atoms with van der Waals surface area (Å²) >= 11 is 0. The van der Waals surface area contributed by atoms with Crippen LogP contribution >= 0.6 is 0 Å². The lowest BCUT2D eigenvalue weighted by Gasteiger charge is -2.40. The standard InChI is InChI=1S/C20H25F2N3O4/c1-2-15(19(7-8-19)18(27)28)24-16(26)13-5-6-14(25-10-20(21,22)11-25)17(23-13)29-9-12-3-4-12/h5-6,12,15H,2-4,7-11H2,1H3,(H,24,26)(H,27,28). The number of carboxylic acids is 1. The predicted molar refractivity (Wildman–Crippen MR) is 100 cm³/mol. The first-order chi connectivity index (χ1) is 13.7. The summed E-state index contributed by atoms with van der Waals surface area (Å²) in [6, 6.07) is 2.56. The molecule has 1 amide bonds. The zero-order chi connectivity index (χ0) is 20.8. The maximum Gasteiger partial charge on any atom is 0.311 e. The Kier molecular flexibility index (Phi) is 4.86. The van der Waals surface area contributed by atoms with Crippen molar-refractivity contribution in [1.82, 2.24) is 10.3 Å². The van der Waals surface area contributed by atoms with Crippen LogP contribution in [0.15, 0.2) is 12.1 Å². The number of carbonyl (C=O) groups excluding carboxylic acids is 1. The molecule has 1 aromatic heterocycles. The molecule has 2 aliphatic carbocycles. The van der Waals surface area contributed by atoms with E-state index in [0.29, 0.717) is 37.5 Å². The van der Waals surface area contributed by atoms with Crippen molar-refractivity contribution in [3.05, 3.63) is 17.8 Å². The van der Waals surface area contributed by atoms with Crippen LogP contribution in [0.5, 0.6) is 5.88 Å². The van der Waals surface area contributed by atoms with Crippen molar-refractivity contribution in [2.75, 3.05) is 24.6 Å². The molecule has 1 atom stereocenters. The highest BCUT2D eigenvalue weighted by Crippen LogP contribution is 2.50. The molecule has 7 nitrogen and oxygen atoms in total.